The molecule has 2 heteroatoms. The van der Waals surface area contributed by atoms with E-state index in [1.54, 1.807) is 0 Å². The smallest absolute Gasteiger partial charge is 0.119 e. The highest BCUT2D eigenvalue weighted by molar-refractivity contribution is 5.30. The average molecular weight is 247 g/mol. The van der Waals surface area contributed by atoms with Crippen LogP contribution in [0.5, 0.6) is 5.75 Å². The second-order valence-electron chi connectivity index (χ2n) is 5.33. The number of rotatable bonds is 8. The molecule has 2 nitrogen and oxygen atoms in total. The van der Waals surface area contributed by atoms with Gasteiger partial charge in [-0.15, -0.1) is 0 Å². The van der Waals surface area contributed by atoms with Crippen molar-refractivity contribution in [1.82, 2.24) is 5.32 Å². The summed E-state index contributed by atoms with van der Waals surface area (Å²) in [6.07, 6.45) is 5.19. The van der Waals surface area contributed by atoms with E-state index in [2.05, 4.69) is 43.4 Å². The van der Waals surface area contributed by atoms with Crippen LogP contribution in [0, 0.1) is 5.92 Å². The van der Waals surface area contributed by atoms with Crippen LogP contribution in [0.1, 0.15) is 51.1 Å². The molecule has 1 fully saturated rings. The Bertz CT molecular complexity index is 360. The fraction of sp³-hybridized carbons (Fsp3) is 0.625. The molecule has 0 heterocycles. The van der Waals surface area contributed by atoms with Crippen LogP contribution in [-0.2, 0) is 0 Å². The molecule has 1 aromatic carbocycles. The molecular formula is C16H25NO. The molecule has 100 valence electrons. The standard InChI is InChI=1S/C16H25NO/c1-3-10-17-13(2)15-5-4-6-16(12-15)18-11-9-14-7-8-14/h4-6,12-14,17H,3,7-11H2,1-2H3. The van der Waals surface area contributed by atoms with Crippen molar-refractivity contribution in [1.29, 1.82) is 0 Å². The van der Waals surface area contributed by atoms with Crippen molar-refractivity contribution in [2.45, 2.75) is 45.6 Å². The van der Waals surface area contributed by atoms with E-state index in [-0.39, 0.29) is 0 Å². The van der Waals surface area contributed by atoms with Crippen molar-refractivity contribution in [2.75, 3.05) is 13.2 Å². The quantitative estimate of drug-likeness (QED) is 0.751. The molecule has 18 heavy (non-hydrogen) atoms. The van der Waals surface area contributed by atoms with Crippen molar-refractivity contribution < 1.29 is 4.74 Å². The summed E-state index contributed by atoms with van der Waals surface area (Å²) in [5.74, 6) is 1.96. The van der Waals surface area contributed by atoms with Gasteiger partial charge >= 0.3 is 0 Å². The first kappa shape index (κ1) is 13.4. The van der Waals surface area contributed by atoms with Crippen molar-refractivity contribution in [3.05, 3.63) is 29.8 Å². The molecule has 0 aromatic heterocycles. The first-order chi connectivity index (χ1) is 8.79. The minimum absolute atomic E-state index is 0.400. The van der Waals surface area contributed by atoms with Crippen LogP contribution in [0.3, 0.4) is 0 Å². The first-order valence-electron chi connectivity index (χ1n) is 7.25. The largest absolute Gasteiger partial charge is 0.494 e. The molecule has 0 bridgehead atoms. The lowest BCUT2D eigenvalue weighted by atomic mass is 10.1. The summed E-state index contributed by atoms with van der Waals surface area (Å²) < 4.78 is 5.82. The van der Waals surface area contributed by atoms with Gasteiger partial charge in [0.15, 0.2) is 0 Å². The highest BCUT2D eigenvalue weighted by atomic mass is 16.5. The third-order valence-electron chi connectivity index (χ3n) is 3.55. The van der Waals surface area contributed by atoms with Gasteiger partial charge in [-0.1, -0.05) is 31.9 Å². The fourth-order valence-electron chi connectivity index (χ4n) is 2.10. The van der Waals surface area contributed by atoms with Gasteiger partial charge < -0.3 is 10.1 Å². The molecule has 1 aliphatic rings. The Hall–Kier alpha value is -1.02. The van der Waals surface area contributed by atoms with E-state index >= 15 is 0 Å². The number of nitrogens with one attached hydrogen (secondary N) is 1. The van der Waals surface area contributed by atoms with E-state index in [4.69, 9.17) is 4.74 Å². The normalized spacial score (nSPS) is 16.6. The SMILES string of the molecule is CCCNC(C)c1cccc(OCCC2CC2)c1. The lowest BCUT2D eigenvalue weighted by Crippen LogP contribution is -2.19. The summed E-state index contributed by atoms with van der Waals surface area (Å²) in [5.41, 5.74) is 1.31. The van der Waals surface area contributed by atoms with Gasteiger partial charge in [0.25, 0.3) is 0 Å². The summed E-state index contributed by atoms with van der Waals surface area (Å²) in [4.78, 5) is 0. The molecule has 1 saturated carbocycles. The van der Waals surface area contributed by atoms with E-state index in [1.807, 2.05) is 0 Å². The Morgan fingerprint density at radius 2 is 2.22 bits per heavy atom. The van der Waals surface area contributed by atoms with Crippen LogP contribution in [0.25, 0.3) is 0 Å². The van der Waals surface area contributed by atoms with Crippen molar-refractivity contribution >= 4 is 0 Å². The molecule has 1 aliphatic carbocycles. The highest BCUT2D eigenvalue weighted by Gasteiger charge is 2.20. The molecule has 0 aliphatic heterocycles. The lowest BCUT2D eigenvalue weighted by Gasteiger charge is -2.15. The Morgan fingerprint density at radius 3 is 2.94 bits per heavy atom. The second kappa shape index (κ2) is 6.79. The third kappa shape index (κ3) is 4.34. The Morgan fingerprint density at radius 1 is 1.39 bits per heavy atom. The van der Waals surface area contributed by atoms with Gasteiger partial charge in [-0.25, -0.2) is 0 Å². The minimum Gasteiger partial charge on any atom is -0.494 e. The molecule has 1 atom stereocenters. The van der Waals surface area contributed by atoms with E-state index in [0.717, 1.165) is 24.8 Å². The topological polar surface area (TPSA) is 21.3 Å². The van der Waals surface area contributed by atoms with Gasteiger partial charge in [0.2, 0.25) is 0 Å². The lowest BCUT2D eigenvalue weighted by molar-refractivity contribution is 0.302. The van der Waals surface area contributed by atoms with Gasteiger partial charge in [0.1, 0.15) is 5.75 Å². The van der Waals surface area contributed by atoms with Gasteiger partial charge in [0, 0.05) is 6.04 Å². The van der Waals surface area contributed by atoms with Crippen LogP contribution in [0.2, 0.25) is 0 Å². The van der Waals surface area contributed by atoms with Crippen molar-refractivity contribution in [2.24, 2.45) is 5.92 Å². The van der Waals surface area contributed by atoms with E-state index in [9.17, 15) is 0 Å². The maximum absolute atomic E-state index is 5.82. The highest BCUT2D eigenvalue weighted by Crippen LogP contribution is 2.32. The molecule has 2 rings (SSSR count). The molecule has 0 saturated heterocycles. The predicted molar refractivity (Wildman–Crippen MR) is 76.0 cm³/mol. The summed E-state index contributed by atoms with van der Waals surface area (Å²) in [6, 6.07) is 8.88. The number of hydrogen-bond acceptors (Lipinski definition) is 2. The monoisotopic (exact) mass is 247 g/mol. The van der Waals surface area contributed by atoms with Gasteiger partial charge in [-0.2, -0.15) is 0 Å². The molecule has 0 spiro atoms. The summed E-state index contributed by atoms with van der Waals surface area (Å²) in [6.45, 7) is 6.33. The summed E-state index contributed by atoms with van der Waals surface area (Å²) in [5, 5.41) is 3.50. The zero-order valence-electron chi connectivity index (χ0n) is 11.6. The van der Waals surface area contributed by atoms with Gasteiger partial charge in [-0.3, -0.25) is 0 Å². The van der Waals surface area contributed by atoms with Crippen LogP contribution in [0.4, 0.5) is 0 Å². The summed E-state index contributed by atoms with van der Waals surface area (Å²) >= 11 is 0. The van der Waals surface area contributed by atoms with Crippen LogP contribution < -0.4 is 10.1 Å². The zero-order valence-corrected chi connectivity index (χ0v) is 11.6. The van der Waals surface area contributed by atoms with E-state index < -0.39 is 0 Å². The molecule has 0 amide bonds. The van der Waals surface area contributed by atoms with Crippen molar-refractivity contribution in [3.63, 3.8) is 0 Å². The van der Waals surface area contributed by atoms with Crippen LogP contribution in [-0.4, -0.2) is 13.2 Å². The number of benzene rings is 1. The predicted octanol–water partition coefficient (Wildman–Crippen LogP) is 3.93. The molecule has 1 aromatic rings. The molecule has 0 radical (unpaired) electrons. The van der Waals surface area contributed by atoms with Crippen LogP contribution in [0.15, 0.2) is 24.3 Å². The van der Waals surface area contributed by atoms with Gasteiger partial charge in [0.05, 0.1) is 6.61 Å². The maximum Gasteiger partial charge on any atom is 0.119 e. The molecular weight excluding hydrogens is 222 g/mol. The second-order valence-corrected chi connectivity index (χ2v) is 5.33. The number of hydrogen-bond donors (Lipinski definition) is 1. The average Bonchev–Trinajstić information content (AvgIpc) is 3.20. The Labute approximate surface area is 111 Å². The molecule has 1 unspecified atom stereocenters. The Kier molecular flexibility index (Phi) is 5.06. The van der Waals surface area contributed by atoms with E-state index in [1.165, 1.54) is 31.2 Å². The Balaban J connectivity index is 1.82. The zero-order chi connectivity index (χ0) is 12.8. The molecule has 1 N–H and O–H groups in total. The minimum atomic E-state index is 0.400. The van der Waals surface area contributed by atoms with Gasteiger partial charge in [-0.05, 0) is 49.9 Å². The fourth-order valence-corrected chi connectivity index (χ4v) is 2.10. The maximum atomic E-state index is 5.82. The number of ether oxygens (including phenoxy) is 1. The van der Waals surface area contributed by atoms with Crippen LogP contribution >= 0.6 is 0 Å². The van der Waals surface area contributed by atoms with E-state index in [0.29, 0.717) is 6.04 Å². The third-order valence-corrected chi connectivity index (χ3v) is 3.55. The van der Waals surface area contributed by atoms with Crippen molar-refractivity contribution in [3.8, 4) is 5.75 Å². The summed E-state index contributed by atoms with van der Waals surface area (Å²) in [7, 11) is 0. The first-order valence-corrected chi connectivity index (χ1v) is 7.25.